The lowest BCUT2D eigenvalue weighted by molar-refractivity contribution is -0.136. The lowest BCUT2D eigenvalue weighted by Gasteiger charge is -2.13. The van der Waals surface area contributed by atoms with Crippen molar-refractivity contribution in [2.45, 2.75) is 19.5 Å². The van der Waals surface area contributed by atoms with Crippen molar-refractivity contribution in [2.24, 2.45) is 0 Å². The first-order chi connectivity index (χ1) is 8.95. The number of anilines is 1. The molecule has 1 aromatic carbocycles. The number of carbonyl (C=O) groups excluding carboxylic acids is 1. The SMILES string of the molecule is CC#CCCNC(=O)Nc1ccccc1C(F)(F)F. The van der Waals surface area contributed by atoms with Crippen LogP contribution in [0.15, 0.2) is 24.3 Å². The minimum absolute atomic E-state index is 0.269. The summed E-state index contributed by atoms with van der Waals surface area (Å²) >= 11 is 0. The largest absolute Gasteiger partial charge is 0.418 e. The van der Waals surface area contributed by atoms with Crippen LogP contribution in [-0.4, -0.2) is 12.6 Å². The van der Waals surface area contributed by atoms with Crippen molar-refractivity contribution in [1.29, 1.82) is 0 Å². The number of hydrogen-bond acceptors (Lipinski definition) is 1. The minimum atomic E-state index is -4.50. The molecule has 102 valence electrons. The Hall–Kier alpha value is -2.16. The van der Waals surface area contributed by atoms with Gasteiger partial charge in [-0.3, -0.25) is 0 Å². The molecular weight excluding hydrogens is 257 g/mol. The van der Waals surface area contributed by atoms with Gasteiger partial charge in [-0.15, -0.1) is 11.8 Å². The summed E-state index contributed by atoms with van der Waals surface area (Å²) in [7, 11) is 0. The number of para-hydroxylation sites is 1. The fourth-order valence-electron chi connectivity index (χ4n) is 1.37. The summed E-state index contributed by atoms with van der Waals surface area (Å²) in [6.45, 7) is 1.94. The van der Waals surface area contributed by atoms with Crippen LogP contribution in [-0.2, 0) is 6.18 Å². The predicted octanol–water partition coefficient (Wildman–Crippen LogP) is 3.24. The van der Waals surface area contributed by atoms with E-state index in [2.05, 4.69) is 22.5 Å². The summed E-state index contributed by atoms with van der Waals surface area (Å²) in [5.74, 6) is 5.38. The topological polar surface area (TPSA) is 41.1 Å². The summed E-state index contributed by atoms with van der Waals surface area (Å²) in [5.41, 5.74) is -1.15. The second-order valence-corrected chi connectivity index (χ2v) is 3.60. The molecule has 0 fully saturated rings. The quantitative estimate of drug-likeness (QED) is 0.642. The molecule has 0 bridgehead atoms. The molecule has 0 radical (unpaired) electrons. The van der Waals surface area contributed by atoms with E-state index in [1.807, 2.05) is 0 Å². The van der Waals surface area contributed by atoms with Crippen LogP contribution in [0.25, 0.3) is 0 Å². The van der Waals surface area contributed by atoms with Crippen LogP contribution in [0.4, 0.5) is 23.7 Å². The number of alkyl halides is 3. The van der Waals surface area contributed by atoms with Gasteiger partial charge in [0.25, 0.3) is 0 Å². The Morgan fingerprint density at radius 3 is 2.63 bits per heavy atom. The van der Waals surface area contributed by atoms with Crippen molar-refractivity contribution in [2.75, 3.05) is 11.9 Å². The number of rotatable bonds is 3. The molecular formula is C13H13F3N2O. The summed E-state index contributed by atoms with van der Waals surface area (Å²) in [6.07, 6.45) is -4.05. The van der Waals surface area contributed by atoms with Crippen LogP contribution in [0.3, 0.4) is 0 Å². The smallest absolute Gasteiger partial charge is 0.337 e. The molecule has 3 nitrogen and oxygen atoms in total. The highest BCUT2D eigenvalue weighted by molar-refractivity contribution is 5.90. The molecule has 0 aliphatic carbocycles. The standard InChI is InChI=1S/C13H13F3N2O/c1-2-3-6-9-17-12(19)18-11-8-5-4-7-10(11)13(14,15)16/h4-5,7-8H,6,9H2,1H3,(H2,17,18,19). The second kappa shape index (κ2) is 6.69. The second-order valence-electron chi connectivity index (χ2n) is 3.60. The molecule has 0 unspecified atom stereocenters. The Balaban J connectivity index is 2.66. The van der Waals surface area contributed by atoms with E-state index in [0.717, 1.165) is 6.07 Å². The van der Waals surface area contributed by atoms with Gasteiger partial charge in [0.1, 0.15) is 0 Å². The molecule has 0 atom stereocenters. The van der Waals surface area contributed by atoms with E-state index < -0.39 is 17.8 Å². The van der Waals surface area contributed by atoms with E-state index in [0.29, 0.717) is 6.42 Å². The number of benzene rings is 1. The van der Waals surface area contributed by atoms with Crippen LogP contribution < -0.4 is 10.6 Å². The molecule has 19 heavy (non-hydrogen) atoms. The van der Waals surface area contributed by atoms with Gasteiger partial charge >= 0.3 is 12.2 Å². The molecule has 2 amide bonds. The van der Waals surface area contributed by atoms with Gasteiger partial charge < -0.3 is 10.6 Å². The van der Waals surface area contributed by atoms with E-state index >= 15 is 0 Å². The third kappa shape index (κ3) is 4.92. The maximum absolute atomic E-state index is 12.7. The van der Waals surface area contributed by atoms with E-state index in [4.69, 9.17) is 0 Å². The number of hydrogen-bond donors (Lipinski definition) is 2. The average molecular weight is 270 g/mol. The van der Waals surface area contributed by atoms with Crippen molar-refractivity contribution < 1.29 is 18.0 Å². The van der Waals surface area contributed by atoms with Gasteiger partial charge in [-0.25, -0.2) is 4.79 Å². The van der Waals surface area contributed by atoms with Crippen LogP contribution >= 0.6 is 0 Å². The van der Waals surface area contributed by atoms with Crippen molar-refractivity contribution in [3.8, 4) is 11.8 Å². The fourth-order valence-corrected chi connectivity index (χ4v) is 1.37. The van der Waals surface area contributed by atoms with Gasteiger partial charge in [0.05, 0.1) is 11.3 Å². The summed E-state index contributed by atoms with van der Waals surface area (Å²) in [6, 6.07) is 4.12. The summed E-state index contributed by atoms with van der Waals surface area (Å²) in [5, 5.41) is 4.60. The number of halogens is 3. The highest BCUT2D eigenvalue weighted by Gasteiger charge is 2.33. The summed E-state index contributed by atoms with van der Waals surface area (Å²) < 4.78 is 38.0. The molecule has 2 N–H and O–H groups in total. The van der Waals surface area contributed by atoms with E-state index in [1.54, 1.807) is 6.92 Å². The molecule has 0 saturated carbocycles. The van der Waals surface area contributed by atoms with Crippen LogP contribution in [0.5, 0.6) is 0 Å². The molecule has 0 aromatic heterocycles. The first-order valence-corrected chi connectivity index (χ1v) is 5.56. The average Bonchev–Trinajstić information content (AvgIpc) is 2.34. The Kier molecular flexibility index (Phi) is 5.24. The molecule has 1 rings (SSSR count). The van der Waals surface area contributed by atoms with Crippen molar-refractivity contribution in [3.05, 3.63) is 29.8 Å². The van der Waals surface area contributed by atoms with Crippen LogP contribution in [0.2, 0.25) is 0 Å². The van der Waals surface area contributed by atoms with Gasteiger partial charge in [-0.2, -0.15) is 13.2 Å². The lowest BCUT2D eigenvalue weighted by Crippen LogP contribution is -2.30. The Morgan fingerprint density at radius 1 is 1.32 bits per heavy atom. The predicted molar refractivity (Wildman–Crippen MR) is 66.5 cm³/mol. The van der Waals surface area contributed by atoms with Gasteiger partial charge in [0.15, 0.2) is 0 Å². The molecule has 1 aromatic rings. The number of carbonyl (C=O) groups is 1. The number of amides is 2. The molecule has 0 heterocycles. The van der Waals surface area contributed by atoms with E-state index in [9.17, 15) is 18.0 Å². The summed E-state index contributed by atoms with van der Waals surface area (Å²) in [4.78, 5) is 11.4. The monoisotopic (exact) mass is 270 g/mol. The Morgan fingerprint density at radius 2 is 2.00 bits per heavy atom. The molecule has 0 aliphatic heterocycles. The zero-order valence-electron chi connectivity index (χ0n) is 10.3. The highest BCUT2D eigenvalue weighted by Crippen LogP contribution is 2.34. The van der Waals surface area contributed by atoms with Gasteiger partial charge in [0.2, 0.25) is 0 Å². The normalized spacial score (nSPS) is 10.3. The molecule has 0 saturated heterocycles. The van der Waals surface area contributed by atoms with Crippen LogP contribution in [0.1, 0.15) is 18.9 Å². The maximum Gasteiger partial charge on any atom is 0.418 e. The third-order valence-corrected chi connectivity index (χ3v) is 2.19. The maximum atomic E-state index is 12.7. The van der Waals surface area contributed by atoms with Crippen molar-refractivity contribution >= 4 is 11.7 Å². The van der Waals surface area contributed by atoms with Crippen molar-refractivity contribution in [3.63, 3.8) is 0 Å². The Labute approximate surface area is 109 Å². The third-order valence-electron chi connectivity index (χ3n) is 2.19. The molecule has 6 heteroatoms. The van der Waals surface area contributed by atoms with Gasteiger partial charge in [0, 0.05) is 13.0 Å². The first-order valence-electron chi connectivity index (χ1n) is 5.56. The van der Waals surface area contributed by atoms with Gasteiger partial charge in [-0.1, -0.05) is 12.1 Å². The van der Waals surface area contributed by atoms with E-state index in [-0.39, 0.29) is 12.2 Å². The van der Waals surface area contributed by atoms with Gasteiger partial charge in [-0.05, 0) is 19.1 Å². The Bertz CT molecular complexity index is 501. The molecule has 0 aliphatic rings. The lowest BCUT2D eigenvalue weighted by atomic mass is 10.1. The zero-order valence-corrected chi connectivity index (χ0v) is 10.3. The molecule has 0 spiro atoms. The minimum Gasteiger partial charge on any atom is -0.337 e. The fraction of sp³-hybridized carbons (Fsp3) is 0.308. The van der Waals surface area contributed by atoms with Crippen LogP contribution in [0, 0.1) is 11.8 Å². The zero-order chi connectivity index (χ0) is 14.3. The first kappa shape index (κ1) is 14.9. The number of nitrogens with one attached hydrogen (secondary N) is 2. The van der Waals surface area contributed by atoms with Crippen molar-refractivity contribution in [1.82, 2.24) is 5.32 Å². The highest BCUT2D eigenvalue weighted by atomic mass is 19.4. The number of urea groups is 1. The van der Waals surface area contributed by atoms with E-state index in [1.165, 1.54) is 18.2 Å².